The lowest BCUT2D eigenvalue weighted by Gasteiger charge is -2.28. The van der Waals surface area contributed by atoms with Crippen molar-refractivity contribution in [2.75, 3.05) is 72.4 Å². The van der Waals surface area contributed by atoms with E-state index in [1.165, 1.54) is 0 Å². The number of aromatic amines is 1. The van der Waals surface area contributed by atoms with Crippen molar-refractivity contribution in [1.82, 2.24) is 25.0 Å². The smallest absolute Gasteiger partial charge is 0.253 e. The largest absolute Gasteiger partial charge is 0.454 e. The van der Waals surface area contributed by atoms with Crippen molar-refractivity contribution in [3.8, 4) is 11.5 Å². The summed E-state index contributed by atoms with van der Waals surface area (Å²) in [6.07, 6.45) is 1.98. The molecule has 2 aliphatic heterocycles. The molecule has 0 spiro atoms. The van der Waals surface area contributed by atoms with Gasteiger partial charge in [-0.15, -0.1) is 0 Å². The van der Waals surface area contributed by atoms with E-state index in [1.807, 2.05) is 18.2 Å². The standard InChI is InChI=1S/C26H39N5O4S/c1-3-29(4-2)9-6-10-31(26(36)27-7-5-8-30-11-13-33-14-12-30)18-21-15-20-16-23-24(35-19-34-23)17-22(20)28-25(21)32/h15-17H,3-14,18-19H2,1-2H3,(H,27,36)(H,28,32). The van der Waals surface area contributed by atoms with E-state index in [2.05, 4.69) is 38.8 Å². The average molecular weight is 518 g/mol. The number of rotatable bonds is 12. The lowest BCUT2D eigenvalue weighted by molar-refractivity contribution is 0.0376. The second-order valence-electron chi connectivity index (χ2n) is 9.26. The first-order valence-electron chi connectivity index (χ1n) is 13.1. The summed E-state index contributed by atoms with van der Waals surface area (Å²) in [5, 5.41) is 5.05. The van der Waals surface area contributed by atoms with Gasteiger partial charge in [0.15, 0.2) is 16.6 Å². The number of aromatic nitrogens is 1. The van der Waals surface area contributed by atoms with Crippen LogP contribution in [-0.2, 0) is 11.3 Å². The summed E-state index contributed by atoms with van der Waals surface area (Å²) >= 11 is 5.80. The number of benzene rings is 1. The van der Waals surface area contributed by atoms with Gasteiger partial charge >= 0.3 is 0 Å². The Hall–Kier alpha value is -2.40. The van der Waals surface area contributed by atoms with E-state index in [0.29, 0.717) is 28.7 Å². The molecule has 0 aliphatic carbocycles. The van der Waals surface area contributed by atoms with Crippen molar-refractivity contribution in [3.05, 3.63) is 34.1 Å². The van der Waals surface area contributed by atoms with Crippen LogP contribution < -0.4 is 20.3 Å². The van der Waals surface area contributed by atoms with Crippen molar-refractivity contribution in [2.24, 2.45) is 0 Å². The SMILES string of the molecule is CCN(CC)CCCN(Cc1cc2cc3c(cc2[nH]c1=O)OCO3)C(=S)NCCCN1CCOCC1. The molecule has 9 nitrogen and oxygen atoms in total. The van der Waals surface area contributed by atoms with E-state index < -0.39 is 0 Å². The molecule has 3 heterocycles. The molecule has 2 N–H and O–H groups in total. The molecule has 0 radical (unpaired) electrons. The number of ether oxygens (including phenoxy) is 3. The van der Waals surface area contributed by atoms with Crippen LogP contribution in [0.25, 0.3) is 10.9 Å². The molecule has 198 valence electrons. The Kier molecular flexibility index (Phi) is 9.80. The Bertz CT molecular complexity index is 1070. The normalized spacial score (nSPS) is 15.5. The van der Waals surface area contributed by atoms with Gasteiger partial charge in [-0.2, -0.15) is 0 Å². The Morgan fingerprint density at radius 2 is 1.83 bits per heavy atom. The first-order chi connectivity index (χ1) is 17.6. The molecule has 0 unspecified atom stereocenters. The monoisotopic (exact) mass is 517 g/mol. The summed E-state index contributed by atoms with van der Waals surface area (Å²) in [7, 11) is 0. The molecule has 1 fully saturated rings. The number of morpholine rings is 1. The molecule has 0 atom stereocenters. The van der Waals surface area contributed by atoms with Crippen LogP contribution >= 0.6 is 12.2 Å². The highest BCUT2D eigenvalue weighted by Crippen LogP contribution is 2.35. The maximum absolute atomic E-state index is 13.0. The van der Waals surface area contributed by atoms with Gasteiger partial charge in [0.2, 0.25) is 6.79 Å². The molecule has 1 saturated heterocycles. The summed E-state index contributed by atoms with van der Waals surface area (Å²) in [6, 6.07) is 5.68. The van der Waals surface area contributed by atoms with Gasteiger partial charge in [-0.25, -0.2) is 0 Å². The van der Waals surface area contributed by atoms with Crippen LogP contribution in [0.5, 0.6) is 11.5 Å². The van der Waals surface area contributed by atoms with Crippen LogP contribution in [0.1, 0.15) is 32.3 Å². The maximum Gasteiger partial charge on any atom is 0.253 e. The number of nitrogens with zero attached hydrogens (tertiary/aromatic N) is 3. The number of hydrogen-bond acceptors (Lipinski definition) is 7. The predicted molar refractivity (Wildman–Crippen MR) is 146 cm³/mol. The van der Waals surface area contributed by atoms with Gasteiger partial charge < -0.3 is 34.3 Å². The summed E-state index contributed by atoms with van der Waals surface area (Å²) in [5.74, 6) is 1.36. The Morgan fingerprint density at radius 1 is 1.08 bits per heavy atom. The minimum Gasteiger partial charge on any atom is -0.454 e. The number of thiocarbonyl (C=S) groups is 1. The van der Waals surface area contributed by atoms with E-state index in [4.69, 9.17) is 26.4 Å². The number of pyridine rings is 1. The van der Waals surface area contributed by atoms with Crippen molar-refractivity contribution in [2.45, 2.75) is 33.2 Å². The molecular weight excluding hydrogens is 478 g/mol. The quantitative estimate of drug-likeness (QED) is 0.326. The van der Waals surface area contributed by atoms with Crippen molar-refractivity contribution >= 4 is 28.2 Å². The first-order valence-corrected chi connectivity index (χ1v) is 13.5. The number of fused-ring (bicyclic) bond motifs is 2. The lowest BCUT2D eigenvalue weighted by atomic mass is 10.1. The van der Waals surface area contributed by atoms with Crippen molar-refractivity contribution in [1.29, 1.82) is 0 Å². The molecule has 0 amide bonds. The molecule has 1 aromatic carbocycles. The van der Waals surface area contributed by atoms with Crippen LogP contribution in [-0.4, -0.2) is 97.2 Å². The summed E-state index contributed by atoms with van der Waals surface area (Å²) < 4.78 is 16.4. The minimum atomic E-state index is -0.106. The van der Waals surface area contributed by atoms with Crippen LogP contribution in [0.2, 0.25) is 0 Å². The fourth-order valence-corrected chi connectivity index (χ4v) is 4.93. The Balaban J connectivity index is 1.41. The highest BCUT2D eigenvalue weighted by Gasteiger charge is 2.18. The van der Waals surface area contributed by atoms with E-state index in [0.717, 1.165) is 89.3 Å². The van der Waals surface area contributed by atoms with Crippen LogP contribution in [0.3, 0.4) is 0 Å². The van der Waals surface area contributed by atoms with Crippen LogP contribution in [0.15, 0.2) is 23.0 Å². The Morgan fingerprint density at radius 3 is 2.58 bits per heavy atom. The Labute approximate surface area is 218 Å². The van der Waals surface area contributed by atoms with Gasteiger partial charge in [-0.05, 0) is 63.4 Å². The van der Waals surface area contributed by atoms with Gasteiger partial charge in [0.25, 0.3) is 5.56 Å². The van der Waals surface area contributed by atoms with Crippen LogP contribution in [0, 0.1) is 0 Å². The van der Waals surface area contributed by atoms with Crippen LogP contribution in [0.4, 0.5) is 0 Å². The topological polar surface area (TPSA) is 82.3 Å². The second-order valence-corrected chi connectivity index (χ2v) is 9.64. The third-order valence-corrected chi connectivity index (χ3v) is 7.29. The number of hydrogen-bond donors (Lipinski definition) is 2. The molecule has 2 aliphatic rings. The predicted octanol–water partition coefficient (Wildman–Crippen LogP) is 2.39. The number of H-pyrrole nitrogens is 1. The zero-order chi connectivity index (χ0) is 25.3. The fraction of sp³-hybridized carbons (Fsp3) is 0.615. The molecule has 4 rings (SSSR count). The maximum atomic E-state index is 13.0. The van der Waals surface area contributed by atoms with Gasteiger partial charge in [0.05, 0.1) is 25.3 Å². The van der Waals surface area contributed by atoms with Crippen molar-refractivity contribution in [3.63, 3.8) is 0 Å². The molecule has 1 aromatic heterocycles. The molecule has 2 aromatic rings. The van der Waals surface area contributed by atoms with Crippen molar-refractivity contribution < 1.29 is 14.2 Å². The third-order valence-electron chi connectivity index (χ3n) is 6.89. The van der Waals surface area contributed by atoms with Gasteiger partial charge in [-0.3, -0.25) is 9.69 Å². The lowest BCUT2D eigenvalue weighted by Crippen LogP contribution is -2.43. The molecule has 0 bridgehead atoms. The summed E-state index contributed by atoms with van der Waals surface area (Å²) in [4.78, 5) is 22.9. The highest BCUT2D eigenvalue weighted by atomic mass is 32.1. The summed E-state index contributed by atoms with van der Waals surface area (Å²) in [5.41, 5.74) is 1.32. The molecular formula is C26H39N5O4S. The third kappa shape index (κ3) is 7.09. The zero-order valence-corrected chi connectivity index (χ0v) is 22.3. The van der Waals surface area contributed by atoms with Gasteiger partial charge in [-0.1, -0.05) is 13.8 Å². The molecule has 0 saturated carbocycles. The summed E-state index contributed by atoms with van der Waals surface area (Å²) in [6.45, 7) is 14.3. The van der Waals surface area contributed by atoms with E-state index in [-0.39, 0.29) is 12.4 Å². The molecule has 10 heteroatoms. The van der Waals surface area contributed by atoms with E-state index >= 15 is 0 Å². The first kappa shape index (κ1) is 26.7. The van der Waals surface area contributed by atoms with E-state index in [9.17, 15) is 4.79 Å². The zero-order valence-electron chi connectivity index (χ0n) is 21.5. The highest BCUT2D eigenvalue weighted by molar-refractivity contribution is 7.80. The number of nitrogens with one attached hydrogen (secondary N) is 2. The van der Waals surface area contributed by atoms with Gasteiger partial charge in [0, 0.05) is 43.2 Å². The fourth-order valence-electron chi connectivity index (χ4n) is 4.68. The van der Waals surface area contributed by atoms with E-state index in [1.54, 1.807) is 0 Å². The second kappa shape index (κ2) is 13.2. The molecule has 36 heavy (non-hydrogen) atoms. The van der Waals surface area contributed by atoms with Gasteiger partial charge in [0.1, 0.15) is 0 Å². The average Bonchev–Trinajstić information content (AvgIpc) is 3.35. The minimum absolute atomic E-state index is 0.106.